The van der Waals surface area contributed by atoms with E-state index in [1.807, 2.05) is 18.2 Å². The molecule has 1 amide bonds. The normalized spacial score (nSPS) is 12.5. The number of amides is 1. The Bertz CT molecular complexity index is 728. The van der Waals surface area contributed by atoms with Crippen molar-refractivity contribution in [3.63, 3.8) is 0 Å². The summed E-state index contributed by atoms with van der Waals surface area (Å²) in [6.45, 7) is 7.04. The van der Waals surface area contributed by atoms with Crippen LogP contribution >= 0.6 is 11.8 Å². The van der Waals surface area contributed by atoms with Crippen LogP contribution in [0.4, 0.5) is 0 Å². The van der Waals surface area contributed by atoms with E-state index < -0.39 is 0 Å². The number of benzene rings is 1. The average Bonchev–Trinajstić information content (AvgIpc) is 3.08. The summed E-state index contributed by atoms with van der Waals surface area (Å²) in [7, 11) is 4.12. The lowest BCUT2D eigenvalue weighted by molar-refractivity contribution is -0.119. The summed E-state index contributed by atoms with van der Waals surface area (Å²) in [6.07, 6.45) is 2.84. The lowest BCUT2D eigenvalue weighted by atomic mass is 10.2. The van der Waals surface area contributed by atoms with Gasteiger partial charge in [-0.25, -0.2) is 0 Å². The van der Waals surface area contributed by atoms with Gasteiger partial charge in [-0.15, -0.1) is 10.2 Å². The predicted octanol–water partition coefficient (Wildman–Crippen LogP) is 3.74. The monoisotopic (exact) mass is 403 g/mol. The number of nitrogens with zero attached hydrogens (tertiary/aromatic N) is 4. The van der Waals surface area contributed by atoms with E-state index in [9.17, 15) is 4.79 Å². The maximum atomic E-state index is 12.3. The first-order valence-electron chi connectivity index (χ1n) is 10.1. The van der Waals surface area contributed by atoms with Crippen LogP contribution in [0, 0.1) is 0 Å². The molecule has 2 rings (SSSR count). The van der Waals surface area contributed by atoms with Gasteiger partial charge in [0.15, 0.2) is 11.0 Å². The summed E-state index contributed by atoms with van der Waals surface area (Å²) in [5.41, 5.74) is 1.19. The van der Waals surface area contributed by atoms with Crippen molar-refractivity contribution in [2.24, 2.45) is 0 Å². The first-order valence-corrected chi connectivity index (χ1v) is 11.0. The molecule has 2 aromatic rings. The maximum Gasteiger partial charge on any atom is 0.230 e. The van der Waals surface area contributed by atoms with Crippen molar-refractivity contribution in [3.8, 4) is 0 Å². The van der Waals surface area contributed by atoms with Crippen molar-refractivity contribution >= 4 is 17.7 Å². The molecule has 1 aromatic heterocycles. The zero-order chi connectivity index (χ0) is 20.5. The van der Waals surface area contributed by atoms with Crippen LogP contribution in [0.3, 0.4) is 0 Å². The van der Waals surface area contributed by atoms with Gasteiger partial charge in [-0.3, -0.25) is 9.69 Å². The summed E-state index contributed by atoms with van der Waals surface area (Å²) in [4.78, 5) is 14.5. The third kappa shape index (κ3) is 6.07. The van der Waals surface area contributed by atoms with Gasteiger partial charge in [-0.05, 0) is 38.9 Å². The van der Waals surface area contributed by atoms with Crippen LogP contribution in [0.5, 0.6) is 0 Å². The molecule has 0 aliphatic heterocycles. The SMILES string of the molecule is CCC(CC)NC(=O)CSc1nnc([C@H](CC)N(C)C)n1Cc1ccccc1. The Kier molecular flexibility index (Phi) is 8.99. The minimum atomic E-state index is 0.0502. The van der Waals surface area contributed by atoms with E-state index in [-0.39, 0.29) is 18.0 Å². The van der Waals surface area contributed by atoms with Gasteiger partial charge in [0.05, 0.1) is 18.3 Å². The molecule has 1 atom stereocenters. The Morgan fingerprint density at radius 2 is 1.79 bits per heavy atom. The number of carbonyl (C=O) groups excluding carboxylic acids is 1. The van der Waals surface area contributed by atoms with Crippen molar-refractivity contribution in [3.05, 3.63) is 41.7 Å². The molecule has 0 unspecified atom stereocenters. The average molecular weight is 404 g/mol. The molecule has 0 aliphatic carbocycles. The van der Waals surface area contributed by atoms with E-state index in [0.29, 0.717) is 12.3 Å². The number of hydrogen-bond acceptors (Lipinski definition) is 5. The molecule has 1 heterocycles. The largest absolute Gasteiger partial charge is 0.353 e. The Hall–Kier alpha value is -1.86. The fraction of sp³-hybridized carbons (Fsp3) is 0.571. The van der Waals surface area contributed by atoms with E-state index in [0.717, 1.165) is 30.2 Å². The van der Waals surface area contributed by atoms with Crippen LogP contribution in [-0.4, -0.2) is 51.5 Å². The highest BCUT2D eigenvalue weighted by molar-refractivity contribution is 7.99. The highest BCUT2D eigenvalue weighted by Crippen LogP contribution is 2.26. The molecule has 6 nitrogen and oxygen atoms in total. The Labute approximate surface area is 173 Å². The molecule has 154 valence electrons. The minimum absolute atomic E-state index is 0.0502. The molecule has 0 spiro atoms. The maximum absolute atomic E-state index is 12.3. The van der Waals surface area contributed by atoms with Crippen molar-refractivity contribution in [1.29, 1.82) is 0 Å². The molecule has 7 heteroatoms. The predicted molar refractivity (Wildman–Crippen MR) is 116 cm³/mol. The van der Waals surface area contributed by atoms with Crippen LogP contribution in [-0.2, 0) is 11.3 Å². The first-order chi connectivity index (χ1) is 13.5. The first kappa shape index (κ1) is 22.4. The second-order valence-electron chi connectivity index (χ2n) is 7.17. The second-order valence-corrected chi connectivity index (χ2v) is 8.11. The Balaban J connectivity index is 2.21. The van der Waals surface area contributed by atoms with Gasteiger partial charge in [0.25, 0.3) is 0 Å². The zero-order valence-corrected chi connectivity index (χ0v) is 18.5. The number of carbonyl (C=O) groups is 1. The van der Waals surface area contributed by atoms with E-state index in [1.165, 1.54) is 17.3 Å². The summed E-state index contributed by atoms with van der Waals surface area (Å²) < 4.78 is 2.15. The smallest absolute Gasteiger partial charge is 0.230 e. The molecule has 1 N–H and O–H groups in total. The van der Waals surface area contributed by atoms with Crippen LogP contribution in [0.1, 0.15) is 57.5 Å². The van der Waals surface area contributed by atoms with Crippen LogP contribution in [0.25, 0.3) is 0 Å². The van der Waals surface area contributed by atoms with Gasteiger partial charge in [0.1, 0.15) is 0 Å². The summed E-state index contributed by atoms with van der Waals surface area (Å²) in [6, 6.07) is 10.7. The van der Waals surface area contributed by atoms with E-state index in [2.05, 4.69) is 72.0 Å². The molecular weight excluding hydrogens is 370 g/mol. The molecule has 1 aromatic carbocycles. The summed E-state index contributed by atoms with van der Waals surface area (Å²) in [5, 5.41) is 12.8. The molecule has 0 bridgehead atoms. The van der Waals surface area contributed by atoms with Crippen molar-refractivity contribution in [2.75, 3.05) is 19.8 Å². The third-order valence-corrected chi connectivity index (χ3v) is 5.89. The molecule has 0 fully saturated rings. The number of nitrogens with one attached hydrogen (secondary N) is 1. The molecule has 0 saturated carbocycles. The van der Waals surface area contributed by atoms with Crippen molar-refractivity contribution < 1.29 is 4.79 Å². The Morgan fingerprint density at radius 1 is 1.11 bits per heavy atom. The van der Waals surface area contributed by atoms with Gasteiger partial charge < -0.3 is 9.88 Å². The van der Waals surface area contributed by atoms with Crippen molar-refractivity contribution in [1.82, 2.24) is 25.0 Å². The number of hydrogen-bond donors (Lipinski definition) is 1. The van der Waals surface area contributed by atoms with Crippen LogP contribution < -0.4 is 5.32 Å². The van der Waals surface area contributed by atoms with Gasteiger partial charge in [-0.1, -0.05) is 62.9 Å². The zero-order valence-electron chi connectivity index (χ0n) is 17.7. The lowest BCUT2D eigenvalue weighted by Gasteiger charge is -2.23. The molecule has 28 heavy (non-hydrogen) atoms. The van der Waals surface area contributed by atoms with Crippen molar-refractivity contribution in [2.45, 2.75) is 63.8 Å². The van der Waals surface area contributed by atoms with Gasteiger partial charge in [0, 0.05) is 6.04 Å². The van der Waals surface area contributed by atoms with Crippen LogP contribution in [0.2, 0.25) is 0 Å². The standard InChI is InChI=1S/C21H33N5OS/c1-6-17(7-2)22-19(27)15-28-21-24-23-20(18(8-3)25(4)5)26(21)14-16-12-10-9-11-13-16/h9-13,17-18H,6-8,14-15H2,1-5H3,(H,22,27)/t18-/m0/s1. The minimum Gasteiger partial charge on any atom is -0.353 e. The van der Waals surface area contributed by atoms with Gasteiger partial charge in [0.2, 0.25) is 5.91 Å². The summed E-state index contributed by atoms with van der Waals surface area (Å²) in [5.74, 6) is 1.34. The van der Waals surface area contributed by atoms with E-state index in [1.54, 1.807) is 0 Å². The quantitative estimate of drug-likeness (QED) is 0.579. The Morgan fingerprint density at radius 3 is 2.36 bits per heavy atom. The van der Waals surface area contributed by atoms with E-state index >= 15 is 0 Å². The second kappa shape index (κ2) is 11.2. The molecule has 0 saturated heterocycles. The number of rotatable bonds is 11. The topological polar surface area (TPSA) is 63.1 Å². The van der Waals surface area contributed by atoms with Crippen LogP contribution in [0.15, 0.2) is 35.5 Å². The fourth-order valence-electron chi connectivity index (χ4n) is 3.24. The third-order valence-electron chi connectivity index (χ3n) is 4.92. The molecular formula is C21H33N5OS. The van der Waals surface area contributed by atoms with Gasteiger partial charge >= 0.3 is 0 Å². The number of thioether (sulfide) groups is 1. The summed E-state index contributed by atoms with van der Waals surface area (Å²) >= 11 is 1.46. The lowest BCUT2D eigenvalue weighted by Crippen LogP contribution is -2.35. The molecule has 0 radical (unpaired) electrons. The van der Waals surface area contributed by atoms with E-state index in [4.69, 9.17) is 0 Å². The number of aromatic nitrogens is 3. The molecule has 0 aliphatic rings. The van der Waals surface area contributed by atoms with Gasteiger partial charge in [-0.2, -0.15) is 0 Å². The highest BCUT2D eigenvalue weighted by Gasteiger charge is 2.22. The highest BCUT2D eigenvalue weighted by atomic mass is 32.2. The fourth-order valence-corrected chi connectivity index (χ4v) is 3.99.